The molecule has 0 saturated carbocycles. The lowest BCUT2D eigenvalue weighted by molar-refractivity contribution is -0.919. The van der Waals surface area contributed by atoms with Crippen LogP contribution in [-0.4, -0.2) is 25.0 Å². The average molecular weight is 289 g/mol. The quantitative estimate of drug-likeness (QED) is 0.877. The number of anilines is 1. The zero-order valence-electron chi connectivity index (χ0n) is 13.8. The first-order valence-electron chi connectivity index (χ1n) is 8.23. The van der Waals surface area contributed by atoms with Crippen LogP contribution in [0.1, 0.15) is 52.0 Å². The summed E-state index contributed by atoms with van der Waals surface area (Å²) in [5, 5.41) is 3.14. The van der Waals surface area contributed by atoms with Crippen molar-refractivity contribution in [2.45, 2.75) is 52.5 Å². The van der Waals surface area contributed by atoms with E-state index >= 15 is 0 Å². The molecule has 0 aromatic heterocycles. The highest BCUT2D eigenvalue weighted by molar-refractivity contribution is 5.94. The van der Waals surface area contributed by atoms with Crippen molar-refractivity contribution < 1.29 is 9.69 Å². The number of piperidine rings is 1. The largest absolute Gasteiger partial charge is 0.325 e. The highest BCUT2D eigenvalue weighted by Crippen LogP contribution is 2.23. The van der Waals surface area contributed by atoms with Gasteiger partial charge in [0.2, 0.25) is 0 Å². The van der Waals surface area contributed by atoms with Crippen LogP contribution in [0, 0.1) is 5.92 Å². The van der Waals surface area contributed by atoms with Gasteiger partial charge in [0.25, 0.3) is 5.91 Å². The highest BCUT2D eigenvalue weighted by atomic mass is 16.2. The van der Waals surface area contributed by atoms with E-state index in [1.165, 1.54) is 23.3 Å². The van der Waals surface area contributed by atoms with E-state index in [4.69, 9.17) is 0 Å². The SMILES string of the molecule is CC1CC[NH+]([C@@H](C)C(=O)Nc2ccccc2C(C)C)CC1. The van der Waals surface area contributed by atoms with Crippen molar-refractivity contribution in [1.29, 1.82) is 0 Å². The van der Waals surface area contributed by atoms with Gasteiger partial charge in [-0.2, -0.15) is 0 Å². The van der Waals surface area contributed by atoms with Gasteiger partial charge in [0.1, 0.15) is 0 Å². The molecule has 2 rings (SSSR count). The van der Waals surface area contributed by atoms with Crippen molar-refractivity contribution in [2.75, 3.05) is 18.4 Å². The zero-order valence-corrected chi connectivity index (χ0v) is 13.8. The molecule has 1 fully saturated rings. The molecule has 1 aromatic carbocycles. The predicted molar refractivity (Wildman–Crippen MR) is 87.7 cm³/mol. The summed E-state index contributed by atoms with van der Waals surface area (Å²) in [6, 6.07) is 8.15. The molecule has 2 N–H and O–H groups in total. The third-order valence-corrected chi connectivity index (χ3v) is 4.76. The van der Waals surface area contributed by atoms with Crippen LogP contribution in [0.5, 0.6) is 0 Å². The Kier molecular flexibility index (Phi) is 5.40. The maximum absolute atomic E-state index is 12.5. The lowest BCUT2D eigenvalue weighted by Crippen LogP contribution is -3.17. The second kappa shape index (κ2) is 7.08. The number of carbonyl (C=O) groups excluding carboxylic acids is 1. The third kappa shape index (κ3) is 4.07. The average Bonchev–Trinajstić information content (AvgIpc) is 2.47. The van der Waals surface area contributed by atoms with E-state index in [0.29, 0.717) is 5.92 Å². The first kappa shape index (κ1) is 16.0. The van der Waals surface area contributed by atoms with Gasteiger partial charge in [0.15, 0.2) is 6.04 Å². The van der Waals surface area contributed by atoms with Gasteiger partial charge >= 0.3 is 0 Å². The van der Waals surface area contributed by atoms with E-state index in [1.807, 2.05) is 18.2 Å². The Balaban J connectivity index is 2.01. The van der Waals surface area contributed by atoms with E-state index in [1.54, 1.807) is 0 Å². The van der Waals surface area contributed by atoms with Crippen LogP contribution in [-0.2, 0) is 4.79 Å². The van der Waals surface area contributed by atoms with Crippen molar-refractivity contribution in [3.63, 3.8) is 0 Å². The Bertz CT molecular complexity index is 476. The molecule has 0 aliphatic carbocycles. The Morgan fingerprint density at radius 2 is 1.81 bits per heavy atom. The molecule has 0 unspecified atom stereocenters. The monoisotopic (exact) mass is 289 g/mol. The van der Waals surface area contributed by atoms with Gasteiger partial charge in [0, 0.05) is 5.69 Å². The fraction of sp³-hybridized carbons (Fsp3) is 0.611. The fourth-order valence-electron chi connectivity index (χ4n) is 3.11. The molecule has 0 spiro atoms. The molecule has 3 heteroatoms. The molecule has 1 aliphatic rings. The highest BCUT2D eigenvalue weighted by Gasteiger charge is 2.29. The molecular formula is C18H29N2O+. The van der Waals surface area contributed by atoms with Crippen molar-refractivity contribution >= 4 is 11.6 Å². The summed E-state index contributed by atoms with van der Waals surface area (Å²) in [7, 11) is 0. The van der Waals surface area contributed by atoms with E-state index in [0.717, 1.165) is 24.7 Å². The number of hydrogen-bond donors (Lipinski definition) is 2. The van der Waals surface area contributed by atoms with Crippen molar-refractivity contribution in [1.82, 2.24) is 0 Å². The summed E-state index contributed by atoms with van der Waals surface area (Å²) in [5.74, 6) is 1.37. The third-order valence-electron chi connectivity index (χ3n) is 4.76. The smallest absolute Gasteiger partial charge is 0.282 e. The summed E-state index contributed by atoms with van der Waals surface area (Å²) < 4.78 is 0. The summed E-state index contributed by atoms with van der Waals surface area (Å²) >= 11 is 0. The van der Waals surface area contributed by atoms with Crippen LogP contribution in [0.4, 0.5) is 5.69 Å². The Labute approximate surface area is 128 Å². The number of carbonyl (C=O) groups is 1. The fourth-order valence-corrected chi connectivity index (χ4v) is 3.11. The van der Waals surface area contributed by atoms with Crippen LogP contribution in [0.25, 0.3) is 0 Å². The molecule has 21 heavy (non-hydrogen) atoms. The maximum Gasteiger partial charge on any atom is 0.282 e. The van der Waals surface area contributed by atoms with Crippen LogP contribution in [0.15, 0.2) is 24.3 Å². The number of nitrogens with one attached hydrogen (secondary N) is 2. The normalized spacial score (nSPS) is 23.9. The standard InChI is InChI=1S/C18H28N2O/c1-13(2)16-7-5-6-8-17(16)19-18(21)15(4)20-11-9-14(3)10-12-20/h5-8,13-15H,9-12H2,1-4H3,(H,19,21)/p+1/t15-/m0/s1. The second-order valence-electron chi connectivity index (χ2n) is 6.79. The molecule has 1 aromatic rings. The number of amides is 1. The first-order chi connectivity index (χ1) is 9.99. The molecule has 116 valence electrons. The molecule has 1 saturated heterocycles. The number of rotatable bonds is 4. The van der Waals surface area contributed by atoms with Gasteiger partial charge < -0.3 is 10.2 Å². The predicted octanol–water partition coefficient (Wildman–Crippen LogP) is 2.45. The van der Waals surface area contributed by atoms with E-state index in [9.17, 15) is 4.79 Å². The molecule has 1 heterocycles. The van der Waals surface area contributed by atoms with Gasteiger partial charge in [0.05, 0.1) is 13.1 Å². The second-order valence-corrected chi connectivity index (χ2v) is 6.79. The maximum atomic E-state index is 12.5. The van der Waals surface area contributed by atoms with Crippen molar-refractivity contribution in [2.24, 2.45) is 5.92 Å². The van der Waals surface area contributed by atoms with E-state index < -0.39 is 0 Å². The minimum atomic E-state index is 0.0257. The molecular weight excluding hydrogens is 260 g/mol. The van der Waals surface area contributed by atoms with Crippen LogP contribution >= 0.6 is 0 Å². The Morgan fingerprint density at radius 1 is 1.19 bits per heavy atom. The summed E-state index contributed by atoms with van der Waals surface area (Å²) in [5.41, 5.74) is 2.18. The number of hydrogen-bond acceptors (Lipinski definition) is 1. The summed E-state index contributed by atoms with van der Waals surface area (Å²) in [6.07, 6.45) is 2.46. The number of benzene rings is 1. The first-order valence-corrected chi connectivity index (χ1v) is 8.23. The zero-order chi connectivity index (χ0) is 15.4. The molecule has 0 bridgehead atoms. The number of para-hydroxylation sites is 1. The topological polar surface area (TPSA) is 33.5 Å². The molecule has 1 atom stereocenters. The van der Waals surface area contributed by atoms with Crippen LogP contribution < -0.4 is 10.2 Å². The molecule has 1 amide bonds. The molecule has 0 radical (unpaired) electrons. The Morgan fingerprint density at radius 3 is 2.43 bits per heavy atom. The van der Waals surface area contributed by atoms with Gasteiger partial charge in [-0.25, -0.2) is 0 Å². The van der Waals surface area contributed by atoms with Crippen LogP contribution in [0.3, 0.4) is 0 Å². The van der Waals surface area contributed by atoms with Crippen molar-refractivity contribution in [3.05, 3.63) is 29.8 Å². The Hall–Kier alpha value is -1.35. The summed E-state index contributed by atoms with van der Waals surface area (Å²) in [4.78, 5) is 14.0. The van der Waals surface area contributed by atoms with Gasteiger partial charge in [-0.3, -0.25) is 4.79 Å². The number of likely N-dealkylation sites (tertiary alicyclic amines) is 1. The molecule has 3 nitrogen and oxygen atoms in total. The minimum Gasteiger partial charge on any atom is -0.325 e. The summed E-state index contributed by atoms with van der Waals surface area (Å²) in [6.45, 7) is 10.9. The van der Waals surface area contributed by atoms with Crippen LogP contribution in [0.2, 0.25) is 0 Å². The number of quaternary nitrogens is 1. The molecule has 1 aliphatic heterocycles. The van der Waals surface area contributed by atoms with Crippen molar-refractivity contribution in [3.8, 4) is 0 Å². The minimum absolute atomic E-state index is 0.0257. The van der Waals surface area contributed by atoms with Gasteiger partial charge in [-0.1, -0.05) is 39.0 Å². The van der Waals surface area contributed by atoms with E-state index in [2.05, 4.69) is 39.1 Å². The lowest BCUT2D eigenvalue weighted by Gasteiger charge is -2.31. The van der Waals surface area contributed by atoms with Gasteiger partial charge in [-0.15, -0.1) is 0 Å². The van der Waals surface area contributed by atoms with E-state index in [-0.39, 0.29) is 11.9 Å². The lowest BCUT2D eigenvalue weighted by atomic mass is 9.98. The van der Waals surface area contributed by atoms with Gasteiger partial charge in [-0.05, 0) is 43.2 Å².